The molecule has 0 bridgehead atoms. The number of carbonyl (C=O) groups is 1. The second-order valence-corrected chi connectivity index (χ2v) is 7.19. The van der Waals surface area contributed by atoms with Crippen LogP contribution in [0.5, 0.6) is 0 Å². The minimum atomic E-state index is -3.83. The van der Waals surface area contributed by atoms with Crippen LogP contribution in [-0.4, -0.2) is 31.8 Å². The minimum absolute atomic E-state index is 0.0399. The molecule has 116 valence electrons. The maximum atomic E-state index is 12.6. The highest BCUT2D eigenvalue weighted by Gasteiger charge is 2.29. The Labute approximate surface area is 126 Å². The first-order chi connectivity index (χ1) is 9.75. The third kappa shape index (κ3) is 3.11. The molecular formula is C15H22N2O3S. The number of rotatable bonds is 3. The lowest BCUT2D eigenvalue weighted by Crippen LogP contribution is -2.35. The Morgan fingerprint density at radius 1 is 1.38 bits per heavy atom. The van der Waals surface area contributed by atoms with Gasteiger partial charge < -0.3 is 4.90 Å². The van der Waals surface area contributed by atoms with E-state index in [1.807, 2.05) is 4.90 Å². The van der Waals surface area contributed by atoms with Crippen LogP contribution in [0.1, 0.15) is 47.7 Å². The fraction of sp³-hybridized carbons (Fsp3) is 0.533. The van der Waals surface area contributed by atoms with Gasteiger partial charge in [-0.05, 0) is 56.4 Å². The van der Waals surface area contributed by atoms with E-state index < -0.39 is 10.0 Å². The number of hydrogen-bond acceptors (Lipinski definition) is 3. The molecular weight excluding hydrogens is 288 g/mol. The third-order valence-electron chi connectivity index (χ3n) is 4.28. The van der Waals surface area contributed by atoms with Crippen LogP contribution >= 0.6 is 0 Å². The van der Waals surface area contributed by atoms with Gasteiger partial charge in [0.2, 0.25) is 10.0 Å². The van der Waals surface area contributed by atoms with E-state index in [4.69, 9.17) is 5.14 Å². The predicted octanol–water partition coefficient (Wildman–Crippen LogP) is 1.97. The number of nitrogens with zero attached hydrogens (tertiary/aromatic N) is 1. The van der Waals surface area contributed by atoms with E-state index in [-0.39, 0.29) is 16.8 Å². The summed E-state index contributed by atoms with van der Waals surface area (Å²) < 4.78 is 23.4. The van der Waals surface area contributed by atoms with Gasteiger partial charge in [-0.25, -0.2) is 13.6 Å². The van der Waals surface area contributed by atoms with Crippen molar-refractivity contribution in [3.05, 3.63) is 28.8 Å². The first-order valence-corrected chi connectivity index (χ1v) is 8.75. The van der Waals surface area contributed by atoms with Crippen LogP contribution in [-0.2, 0) is 10.0 Å². The molecule has 1 aromatic carbocycles. The lowest BCUT2D eigenvalue weighted by Gasteiger charge is -2.24. The van der Waals surface area contributed by atoms with E-state index in [9.17, 15) is 13.2 Å². The zero-order chi connectivity index (χ0) is 15.8. The molecule has 2 N–H and O–H groups in total. The van der Waals surface area contributed by atoms with Gasteiger partial charge in [0.15, 0.2) is 0 Å². The van der Waals surface area contributed by atoms with Gasteiger partial charge in [0, 0.05) is 18.2 Å². The molecule has 5 nitrogen and oxygen atoms in total. The van der Waals surface area contributed by atoms with Crippen LogP contribution in [0.2, 0.25) is 0 Å². The maximum absolute atomic E-state index is 12.6. The first-order valence-electron chi connectivity index (χ1n) is 7.20. The van der Waals surface area contributed by atoms with Crippen LogP contribution in [0.15, 0.2) is 17.0 Å². The number of aryl methyl sites for hydroxylation is 1. The standard InChI is InChI=1S/C15H22N2O3S/c1-4-13-6-5-7-17(13)15(18)12-8-10(2)11(3)14(9-12)21(16,19)20/h8-9,13H,4-7H2,1-3H3,(H2,16,19,20). The van der Waals surface area contributed by atoms with Crippen molar-refractivity contribution in [2.24, 2.45) is 5.14 Å². The summed E-state index contributed by atoms with van der Waals surface area (Å²) in [6.45, 7) is 6.29. The summed E-state index contributed by atoms with van der Waals surface area (Å²) in [5.41, 5.74) is 1.77. The van der Waals surface area contributed by atoms with Gasteiger partial charge in [0.1, 0.15) is 0 Å². The lowest BCUT2D eigenvalue weighted by molar-refractivity contribution is 0.0733. The van der Waals surface area contributed by atoms with Crippen LogP contribution < -0.4 is 5.14 Å². The Morgan fingerprint density at radius 3 is 2.62 bits per heavy atom. The number of benzene rings is 1. The van der Waals surface area contributed by atoms with Crippen molar-refractivity contribution >= 4 is 15.9 Å². The van der Waals surface area contributed by atoms with Crippen molar-refractivity contribution in [2.45, 2.75) is 51.0 Å². The molecule has 1 heterocycles. The van der Waals surface area contributed by atoms with Crippen LogP contribution in [0.3, 0.4) is 0 Å². The van der Waals surface area contributed by atoms with E-state index in [0.29, 0.717) is 11.1 Å². The fourth-order valence-electron chi connectivity index (χ4n) is 2.94. The predicted molar refractivity (Wildman–Crippen MR) is 81.6 cm³/mol. The normalized spacial score (nSPS) is 19.0. The fourth-order valence-corrected chi connectivity index (χ4v) is 3.82. The summed E-state index contributed by atoms with van der Waals surface area (Å²) in [5, 5.41) is 5.25. The highest BCUT2D eigenvalue weighted by molar-refractivity contribution is 7.89. The SMILES string of the molecule is CCC1CCCN1C(=O)c1cc(C)c(C)c(S(N)(=O)=O)c1. The zero-order valence-electron chi connectivity index (χ0n) is 12.7. The Kier molecular flexibility index (Phi) is 4.39. The largest absolute Gasteiger partial charge is 0.336 e. The summed E-state index contributed by atoms with van der Waals surface area (Å²) >= 11 is 0. The summed E-state index contributed by atoms with van der Waals surface area (Å²) in [4.78, 5) is 14.5. The summed E-state index contributed by atoms with van der Waals surface area (Å²) in [5.74, 6) is -0.104. The van der Waals surface area contributed by atoms with E-state index in [2.05, 4.69) is 6.92 Å². The molecule has 6 heteroatoms. The quantitative estimate of drug-likeness (QED) is 0.926. The molecule has 2 rings (SSSR count). The van der Waals surface area contributed by atoms with Gasteiger partial charge in [-0.1, -0.05) is 6.92 Å². The number of nitrogens with two attached hydrogens (primary N) is 1. The average molecular weight is 310 g/mol. The highest BCUT2D eigenvalue weighted by atomic mass is 32.2. The number of sulfonamides is 1. The summed E-state index contributed by atoms with van der Waals surface area (Å²) in [6.07, 6.45) is 2.92. The van der Waals surface area contributed by atoms with Crippen molar-refractivity contribution < 1.29 is 13.2 Å². The van der Waals surface area contributed by atoms with Gasteiger partial charge in [0.05, 0.1) is 4.90 Å². The molecule has 0 aliphatic carbocycles. The van der Waals surface area contributed by atoms with E-state index in [1.54, 1.807) is 19.9 Å². The molecule has 0 saturated carbocycles. The Hall–Kier alpha value is -1.40. The molecule has 1 unspecified atom stereocenters. The molecule has 1 saturated heterocycles. The Balaban J connectivity index is 2.45. The van der Waals surface area contributed by atoms with Gasteiger partial charge in [0.25, 0.3) is 5.91 Å². The van der Waals surface area contributed by atoms with Gasteiger partial charge >= 0.3 is 0 Å². The smallest absolute Gasteiger partial charge is 0.254 e. The van der Waals surface area contributed by atoms with E-state index >= 15 is 0 Å². The Morgan fingerprint density at radius 2 is 2.05 bits per heavy atom. The van der Waals surface area contributed by atoms with Crippen molar-refractivity contribution in [1.29, 1.82) is 0 Å². The number of primary sulfonamides is 1. The first kappa shape index (κ1) is 16.0. The molecule has 1 aliphatic heterocycles. The molecule has 1 aromatic rings. The average Bonchev–Trinajstić information content (AvgIpc) is 2.87. The topological polar surface area (TPSA) is 80.5 Å². The van der Waals surface area contributed by atoms with E-state index in [0.717, 1.165) is 31.4 Å². The van der Waals surface area contributed by atoms with Crippen molar-refractivity contribution in [3.8, 4) is 0 Å². The Bertz CT molecular complexity index is 668. The third-order valence-corrected chi connectivity index (χ3v) is 5.32. The zero-order valence-corrected chi connectivity index (χ0v) is 13.5. The van der Waals surface area contributed by atoms with Crippen molar-refractivity contribution in [1.82, 2.24) is 4.90 Å². The summed E-state index contributed by atoms with van der Waals surface area (Å²) in [7, 11) is -3.83. The van der Waals surface area contributed by atoms with Gasteiger partial charge in [-0.3, -0.25) is 4.79 Å². The molecule has 0 radical (unpaired) electrons. The van der Waals surface area contributed by atoms with Crippen LogP contribution in [0, 0.1) is 13.8 Å². The molecule has 1 amide bonds. The number of likely N-dealkylation sites (tertiary alicyclic amines) is 1. The van der Waals surface area contributed by atoms with Crippen LogP contribution in [0.4, 0.5) is 0 Å². The highest BCUT2D eigenvalue weighted by Crippen LogP contribution is 2.25. The molecule has 0 aromatic heterocycles. The maximum Gasteiger partial charge on any atom is 0.254 e. The lowest BCUT2D eigenvalue weighted by atomic mass is 10.0. The molecule has 21 heavy (non-hydrogen) atoms. The van der Waals surface area contributed by atoms with E-state index in [1.165, 1.54) is 6.07 Å². The number of amides is 1. The molecule has 0 spiro atoms. The summed E-state index contributed by atoms with van der Waals surface area (Å²) in [6, 6.07) is 3.40. The van der Waals surface area contributed by atoms with Gasteiger partial charge in [-0.2, -0.15) is 0 Å². The second-order valence-electron chi connectivity index (χ2n) is 5.66. The second kappa shape index (κ2) is 5.77. The van der Waals surface area contributed by atoms with Crippen molar-refractivity contribution in [2.75, 3.05) is 6.54 Å². The monoisotopic (exact) mass is 310 g/mol. The van der Waals surface area contributed by atoms with Crippen LogP contribution in [0.25, 0.3) is 0 Å². The minimum Gasteiger partial charge on any atom is -0.336 e. The number of hydrogen-bond donors (Lipinski definition) is 1. The van der Waals surface area contributed by atoms with Gasteiger partial charge in [-0.15, -0.1) is 0 Å². The van der Waals surface area contributed by atoms with Crippen molar-refractivity contribution in [3.63, 3.8) is 0 Å². The number of carbonyl (C=O) groups excluding carboxylic acids is 1. The molecule has 1 aliphatic rings. The molecule has 1 fully saturated rings. The molecule has 1 atom stereocenters.